The molecule has 0 bridgehead atoms. The number of rotatable bonds is 4. The Bertz CT molecular complexity index is 857. The van der Waals surface area contributed by atoms with Crippen LogP contribution in [0.25, 0.3) is 10.6 Å². The Kier molecular flexibility index (Phi) is 5.81. The molecular weight excluding hydrogens is 371 g/mol. The molecule has 1 fully saturated rings. The first-order valence-corrected chi connectivity index (χ1v) is 9.47. The van der Waals surface area contributed by atoms with Crippen molar-refractivity contribution in [3.63, 3.8) is 0 Å². The van der Waals surface area contributed by atoms with E-state index in [4.69, 9.17) is 5.11 Å². The van der Waals surface area contributed by atoms with E-state index in [2.05, 4.69) is 9.97 Å². The molecule has 27 heavy (non-hydrogen) atoms. The summed E-state index contributed by atoms with van der Waals surface area (Å²) in [5.74, 6) is -1.21. The van der Waals surface area contributed by atoms with E-state index in [-0.39, 0.29) is 17.7 Å². The van der Waals surface area contributed by atoms with Crippen molar-refractivity contribution in [2.45, 2.75) is 19.8 Å². The fourth-order valence-electron chi connectivity index (χ4n) is 3.23. The highest BCUT2D eigenvalue weighted by molar-refractivity contribution is 7.19. The predicted molar refractivity (Wildman–Crippen MR) is 99.8 cm³/mol. The zero-order valence-corrected chi connectivity index (χ0v) is 16.0. The van der Waals surface area contributed by atoms with Gasteiger partial charge in [0, 0.05) is 31.9 Å². The lowest BCUT2D eigenvalue weighted by molar-refractivity contribution is -0.137. The Morgan fingerprint density at radius 3 is 2.93 bits per heavy atom. The van der Waals surface area contributed by atoms with Gasteiger partial charge < -0.3 is 14.9 Å². The van der Waals surface area contributed by atoms with Gasteiger partial charge in [0.05, 0.1) is 17.8 Å². The number of pyridine rings is 1. The summed E-state index contributed by atoms with van der Waals surface area (Å²) in [7, 11) is 1.68. The number of hydrogen-bond donors (Lipinski definition) is 1. The van der Waals surface area contributed by atoms with Crippen LogP contribution in [-0.2, 0) is 9.59 Å². The number of likely N-dealkylation sites (tertiary alicyclic amines) is 1. The molecule has 0 radical (unpaired) electrons. The number of halogens is 1. The summed E-state index contributed by atoms with van der Waals surface area (Å²) in [6, 6.07) is 1.36. The maximum absolute atomic E-state index is 13.4. The summed E-state index contributed by atoms with van der Waals surface area (Å²) in [5.41, 5.74) is 1.24. The number of aryl methyl sites for hydroxylation is 1. The molecule has 0 aliphatic carbocycles. The molecule has 0 spiro atoms. The lowest BCUT2D eigenvalue weighted by Crippen LogP contribution is -2.46. The van der Waals surface area contributed by atoms with Crippen LogP contribution in [0.1, 0.15) is 18.5 Å². The van der Waals surface area contributed by atoms with Crippen LogP contribution in [0, 0.1) is 18.7 Å². The van der Waals surface area contributed by atoms with Crippen molar-refractivity contribution in [3.05, 3.63) is 30.0 Å². The van der Waals surface area contributed by atoms with Crippen molar-refractivity contribution in [1.82, 2.24) is 14.9 Å². The van der Waals surface area contributed by atoms with Gasteiger partial charge in [-0.1, -0.05) is 11.3 Å². The number of hydrogen-bond acceptors (Lipinski definition) is 6. The Morgan fingerprint density at radius 1 is 1.44 bits per heavy atom. The van der Waals surface area contributed by atoms with Gasteiger partial charge in [-0.15, -0.1) is 0 Å². The molecule has 1 aliphatic heterocycles. The molecular formula is C18H21FN4O3S. The van der Waals surface area contributed by atoms with Crippen molar-refractivity contribution in [3.8, 4) is 10.6 Å². The highest BCUT2D eigenvalue weighted by Crippen LogP contribution is 2.35. The fourth-order valence-corrected chi connectivity index (χ4v) is 4.25. The second-order valence-electron chi connectivity index (χ2n) is 6.54. The standard InChI is InChI=1S/C18H21FN4O3S/c1-11-18(27-16(21-11)13-6-14(19)8-20-7-13)22(2)17(26)12-4-3-5-23(9-12)15(25)10-24/h6-8,12,24H,3-5,9-10H2,1-2H3. The average molecular weight is 392 g/mol. The topological polar surface area (TPSA) is 86.6 Å². The zero-order valence-electron chi connectivity index (χ0n) is 15.2. The van der Waals surface area contributed by atoms with Crippen LogP contribution >= 0.6 is 11.3 Å². The molecule has 144 valence electrons. The number of aliphatic hydroxyl groups is 1. The van der Waals surface area contributed by atoms with Gasteiger partial charge in [-0.2, -0.15) is 0 Å². The molecule has 2 aromatic heterocycles. The van der Waals surface area contributed by atoms with E-state index >= 15 is 0 Å². The number of thiazole rings is 1. The predicted octanol–water partition coefficient (Wildman–Crippen LogP) is 1.85. The molecule has 0 saturated carbocycles. The van der Waals surface area contributed by atoms with Gasteiger partial charge >= 0.3 is 0 Å². The zero-order chi connectivity index (χ0) is 19.6. The van der Waals surface area contributed by atoms with Gasteiger partial charge in [0.1, 0.15) is 22.4 Å². The first-order valence-electron chi connectivity index (χ1n) is 8.65. The number of amides is 2. The van der Waals surface area contributed by atoms with Gasteiger partial charge in [-0.25, -0.2) is 9.37 Å². The maximum atomic E-state index is 13.4. The average Bonchev–Trinajstić information content (AvgIpc) is 3.08. The summed E-state index contributed by atoms with van der Waals surface area (Å²) >= 11 is 1.30. The maximum Gasteiger partial charge on any atom is 0.248 e. The Balaban J connectivity index is 1.78. The van der Waals surface area contributed by atoms with Crippen molar-refractivity contribution in [1.29, 1.82) is 0 Å². The Labute approximate surface area is 160 Å². The summed E-state index contributed by atoms with van der Waals surface area (Å²) in [6.45, 7) is 2.12. The lowest BCUT2D eigenvalue weighted by atomic mass is 9.96. The molecule has 2 aromatic rings. The van der Waals surface area contributed by atoms with Gasteiger partial charge in [-0.05, 0) is 25.8 Å². The normalized spacial score (nSPS) is 17.0. The molecule has 1 N–H and O–H groups in total. The summed E-state index contributed by atoms with van der Waals surface area (Å²) in [6.07, 6.45) is 4.07. The molecule has 1 atom stereocenters. The second-order valence-corrected chi connectivity index (χ2v) is 7.51. The van der Waals surface area contributed by atoms with Crippen LogP contribution in [0.5, 0.6) is 0 Å². The minimum absolute atomic E-state index is 0.0962. The SMILES string of the molecule is Cc1nc(-c2cncc(F)c2)sc1N(C)C(=O)C1CCCN(C(=O)CO)C1. The third-order valence-electron chi connectivity index (χ3n) is 4.62. The van der Waals surface area contributed by atoms with E-state index in [1.165, 1.54) is 28.5 Å². The molecule has 1 saturated heterocycles. The number of piperidine rings is 1. The van der Waals surface area contributed by atoms with Crippen molar-refractivity contribution in [2.75, 3.05) is 31.6 Å². The number of anilines is 1. The molecule has 3 rings (SSSR count). The fraction of sp³-hybridized carbons (Fsp3) is 0.444. The molecule has 0 aromatic carbocycles. The van der Waals surface area contributed by atoms with Crippen molar-refractivity contribution < 1.29 is 19.1 Å². The first kappa shape index (κ1) is 19.4. The molecule has 3 heterocycles. The molecule has 1 aliphatic rings. The van der Waals surface area contributed by atoms with E-state index < -0.39 is 12.4 Å². The summed E-state index contributed by atoms with van der Waals surface area (Å²) in [4.78, 5) is 36.0. The minimum atomic E-state index is -0.546. The summed E-state index contributed by atoms with van der Waals surface area (Å²) < 4.78 is 13.4. The monoisotopic (exact) mass is 392 g/mol. The number of carbonyl (C=O) groups is 2. The van der Waals surface area contributed by atoms with Gasteiger partial charge in [0.2, 0.25) is 11.8 Å². The van der Waals surface area contributed by atoms with Crippen molar-refractivity contribution >= 4 is 28.2 Å². The second kappa shape index (κ2) is 8.10. The van der Waals surface area contributed by atoms with E-state index in [0.717, 1.165) is 12.6 Å². The highest BCUT2D eigenvalue weighted by Gasteiger charge is 2.31. The minimum Gasteiger partial charge on any atom is -0.387 e. The van der Waals surface area contributed by atoms with Crippen LogP contribution in [-0.4, -0.2) is 58.5 Å². The van der Waals surface area contributed by atoms with E-state index in [1.54, 1.807) is 18.9 Å². The third kappa shape index (κ3) is 4.14. The Morgan fingerprint density at radius 2 is 2.22 bits per heavy atom. The van der Waals surface area contributed by atoms with Crippen LogP contribution in [0.4, 0.5) is 9.39 Å². The Hall–Kier alpha value is -2.39. The largest absolute Gasteiger partial charge is 0.387 e. The molecule has 2 amide bonds. The molecule has 9 heteroatoms. The number of aromatic nitrogens is 2. The van der Waals surface area contributed by atoms with Crippen LogP contribution in [0.3, 0.4) is 0 Å². The first-order chi connectivity index (χ1) is 12.9. The third-order valence-corrected chi connectivity index (χ3v) is 5.90. The molecule has 1 unspecified atom stereocenters. The number of carbonyl (C=O) groups excluding carboxylic acids is 2. The van der Waals surface area contributed by atoms with E-state index in [0.29, 0.717) is 40.8 Å². The van der Waals surface area contributed by atoms with E-state index in [1.807, 2.05) is 0 Å². The van der Waals surface area contributed by atoms with Crippen LogP contribution in [0.2, 0.25) is 0 Å². The van der Waals surface area contributed by atoms with E-state index in [9.17, 15) is 14.0 Å². The smallest absolute Gasteiger partial charge is 0.248 e. The van der Waals surface area contributed by atoms with Gasteiger partial charge in [-0.3, -0.25) is 14.6 Å². The summed E-state index contributed by atoms with van der Waals surface area (Å²) in [5, 5.41) is 10.3. The van der Waals surface area contributed by atoms with Gasteiger partial charge in [0.15, 0.2) is 0 Å². The van der Waals surface area contributed by atoms with Crippen LogP contribution in [0.15, 0.2) is 18.5 Å². The van der Waals surface area contributed by atoms with Crippen LogP contribution < -0.4 is 4.90 Å². The number of nitrogens with zero attached hydrogens (tertiary/aromatic N) is 4. The van der Waals surface area contributed by atoms with Crippen molar-refractivity contribution in [2.24, 2.45) is 5.92 Å². The molecule has 7 nitrogen and oxygen atoms in total. The number of aliphatic hydroxyl groups excluding tert-OH is 1. The highest BCUT2D eigenvalue weighted by atomic mass is 32.1. The lowest BCUT2D eigenvalue weighted by Gasteiger charge is -2.33. The van der Waals surface area contributed by atoms with Gasteiger partial charge in [0.25, 0.3) is 0 Å². The quantitative estimate of drug-likeness (QED) is 0.858.